The Labute approximate surface area is 198 Å². The van der Waals surface area contributed by atoms with Crippen molar-refractivity contribution in [2.45, 2.75) is 39.0 Å². The van der Waals surface area contributed by atoms with Crippen molar-refractivity contribution >= 4 is 19.1 Å². The number of carbonyl (C=O) groups is 1. The Bertz CT molecular complexity index is 1270. The zero-order valence-corrected chi connectivity index (χ0v) is 19.8. The van der Waals surface area contributed by atoms with Crippen molar-refractivity contribution in [3.63, 3.8) is 0 Å². The zero-order valence-electron chi connectivity index (χ0n) is 19.8. The van der Waals surface area contributed by atoms with E-state index in [0.717, 1.165) is 0 Å². The number of aryl methyl sites for hydroxylation is 1. The minimum Gasteiger partial charge on any atom is -0.289 e. The van der Waals surface area contributed by atoms with Gasteiger partial charge in [-0.25, -0.2) is 0 Å². The summed E-state index contributed by atoms with van der Waals surface area (Å²) in [4.78, 5) is 12.8. The van der Waals surface area contributed by atoms with Crippen LogP contribution in [0.1, 0.15) is 70.4 Å². The van der Waals surface area contributed by atoms with E-state index >= 15 is 0 Å². The van der Waals surface area contributed by atoms with E-state index in [9.17, 15) is 4.79 Å². The van der Waals surface area contributed by atoms with Crippen LogP contribution in [0.2, 0.25) is 0 Å². The van der Waals surface area contributed by atoms with Crippen LogP contribution in [-0.4, -0.2) is 13.6 Å². The van der Waals surface area contributed by atoms with E-state index in [0.29, 0.717) is 16.6 Å². The predicted molar refractivity (Wildman–Crippen MR) is 139 cm³/mol. The van der Waals surface area contributed by atoms with Gasteiger partial charge in [0.25, 0.3) is 0 Å². The Morgan fingerprint density at radius 2 is 1.24 bits per heavy atom. The number of hydrogen-bond donors (Lipinski definition) is 0. The molecule has 0 aliphatic heterocycles. The highest BCUT2D eigenvalue weighted by Crippen LogP contribution is 2.39. The summed E-state index contributed by atoms with van der Waals surface area (Å²) >= 11 is 0. The molecular formula is C31H29BO. The van der Waals surface area contributed by atoms with E-state index in [1.54, 1.807) is 24.3 Å². The Kier molecular flexibility index (Phi) is 6.38. The van der Waals surface area contributed by atoms with Gasteiger partial charge in [0.05, 0.1) is 0 Å². The van der Waals surface area contributed by atoms with E-state index in [2.05, 4.69) is 88.4 Å². The smallest absolute Gasteiger partial charge is 0.193 e. The maximum Gasteiger partial charge on any atom is 0.193 e. The molecule has 0 bridgehead atoms. The van der Waals surface area contributed by atoms with Crippen molar-refractivity contribution in [3.8, 4) is 0 Å². The Morgan fingerprint density at radius 3 is 1.85 bits per heavy atom. The highest BCUT2D eigenvalue weighted by molar-refractivity contribution is 6.32. The van der Waals surface area contributed by atoms with Crippen LogP contribution in [-0.2, 0) is 5.41 Å². The highest BCUT2D eigenvalue weighted by atomic mass is 16.1. The summed E-state index contributed by atoms with van der Waals surface area (Å²) in [6, 6.07) is 32.4. The van der Waals surface area contributed by atoms with E-state index in [1.807, 2.05) is 12.1 Å². The second-order valence-electron chi connectivity index (χ2n) is 9.32. The summed E-state index contributed by atoms with van der Waals surface area (Å²) in [6.07, 6.45) is 0. The molecule has 0 saturated heterocycles. The Morgan fingerprint density at radius 1 is 0.727 bits per heavy atom. The van der Waals surface area contributed by atoms with E-state index < -0.39 is 0 Å². The summed E-state index contributed by atoms with van der Waals surface area (Å²) in [5.41, 5.74) is 8.34. The second kappa shape index (κ2) is 9.23. The molecule has 4 aromatic rings. The minimum absolute atomic E-state index is 0.00953. The van der Waals surface area contributed by atoms with Gasteiger partial charge >= 0.3 is 0 Å². The van der Waals surface area contributed by atoms with Gasteiger partial charge in [0.2, 0.25) is 0 Å². The number of hydrogen-bond acceptors (Lipinski definition) is 1. The van der Waals surface area contributed by atoms with Crippen LogP contribution in [0.3, 0.4) is 0 Å². The molecule has 0 spiro atoms. The molecule has 1 nitrogen and oxygen atoms in total. The number of carbonyl (C=O) groups excluding carboxylic acids is 1. The van der Waals surface area contributed by atoms with Gasteiger partial charge in [-0.15, -0.1) is 0 Å². The molecule has 0 heterocycles. The normalized spacial score (nSPS) is 12.4. The van der Waals surface area contributed by atoms with Crippen molar-refractivity contribution in [1.82, 2.24) is 0 Å². The molecule has 0 fully saturated rings. The lowest BCUT2D eigenvalue weighted by Gasteiger charge is -2.32. The number of ketones is 1. The third-order valence-corrected chi connectivity index (χ3v) is 6.76. The Hall–Kier alpha value is -3.39. The van der Waals surface area contributed by atoms with Crippen LogP contribution in [0.4, 0.5) is 0 Å². The molecule has 4 rings (SSSR count). The van der Waals surface area contributed by atoms with Crippen molar-refractivity contribution in [2.24, 2.45) is 0 Å². The van der Waals surface area contributed by atoms with Crippen molar-refractivity contribution < 1.29 is 4.79 Å². The quantitative estimate of drug-likeness (QED) is 0.253. The first-order valence-electron chi connectivity index (χ1n) is 11.4. The van der Waals surface area contributed by atoms with Gasteiger partial charge in [-0.2, -0.15) is 0 Å². The first kappa shape index (κ1) is 22.8. The molecular weight excluding hydrogens is 399 g/mol. The molecule has 0 saturated carbocycles. The van der Waals surface area contributed by atoms with Gasteiger partial charge in [0.1, 0.15) is 7.85 Å². The van der Waals surface area contributed by atoms with Crippen LogP contribution in [0, 0.1) is 6.92 Å². The Balaban J connectivity index is 1.65. The molecule has 2 heteroatoms. The van der Waals surface area contributed by atoms with Crippen molar-refractivity contribution in [1.29, 1.82) is 0 Å². The third-order valence-electron chi connectivity index (χ3n) is 6.76. The van der Waals surface area contributed by atoms with E-state index in [4.69, 9.17) is 7.85 Å². The zero-order chi connectivity index (χ0) is 23.6. The topological polar surface area (TPSA) is 17.1 Å². The predicted octanol–water partition coefficient (Wildman–Crippen LogP) is 6.50. The summed E-state index contributed by atoms with van der Waals surface area (Å²) in [7, 11) is 5.75. The number of rotatable bonds is 6. The fraction of sp³-hybridized carbons (Fsp3) is 0.194. The molecule has 1 atom stereocenters. The molecule has 2 radical (unpaired) electrons. The molecule has 0 aromatic heterocycles. The van der Waals surface area contributed by atoms with Crippen LogP contribution in [0.15, 0.2) is 97.1 Å². The maximum absolute atomic E-state index is 12.8. The fourth-order valence-corrected chi connectivity index (χ4v) is 4.77. The largest absolute Gasteiger partial charge is 0.289 e. The molecule has 0 amide bonds. The lowest BCUT2D eigenvalue weighted by atomic mass is 9.72. The average Bonchev–Trinajstić information content (AvgIpc) is 2.84. The third kappa shape index (κ3) is 4.57. The lowest BCUT2D eigenvalue weighted by Crippen LogP contribution is -2.23. The highest BCUT2D eigenvalue weighted by Gasteiger charge is 2.28. The standard InChI is InChI=1S/C31H29BO/c1-21-9-5-7-11-28(21)31(3,4)29-12-8-6-10-27(29)22(2)23-13-15-24(16-14-23)30(33)25-17-19-26(32)20-18-25/h5-20,22H,1-4H3/t22-/m1/s1. The molecule has 4 aromatic carbocycles. The summed E-state index contributed by atoms with van der Waals surface area (Å²) in [6.45, 7) is 9.02. The summed E-state index contributed by atoms with van der Waals surface area (Å²) in [5.74, 6) is 0.209. The van der Waals surface area contributed by atoms with Gasteiger partial charge in [-0.05, 0) is 34.7 Å². The van der Waals surface area contributed by atoms with E-state index in [-0.39, 0.29) is 17.1 Å². The van der Waals surface area contributed by atoms with Gasteiger partial charge in [0.15, 0.2) is 5.78 Å². The van der Waals surface area contributed by atoms with Gasteiger partial charge < -0.3 is 0 Å². The number of benzene rings is 4. The minimum atomic E-state index is -0.124. The second-order valence-corrected chi connectivity index (χ2v) is 9.32. The first-order valence-corrected chi connectivity index (χ1v) is 11.4. The van der Waals surface area contributed by atoms with Crippen LogP contribution >= 0.6 is 0 Å². The molecule has 0 N–H and O–H groups in total. The fourth-order valence-electron chi connectivity index (χ4n) is 4.77. The monoisotopic (exact) mass is 428 g/mol. The molecule has 0 aliphatic rings. The molecule has 0 unspecified atom stereocenters. The average molecular weight is 428 g/mol. The molecule has 162 valence electrons. The van der Waals surface area contributed by atoms with Crippen molar-refractivity contribution in [3.05, 3.63) is 136 Å². The lowest BCUT2D eigenvalue weighted by molar-refractivity contribution is 0.103. The molecule has 33 heavy (non-hydrogen) atoms. The summed E-state index contributed by atoms with van der Waals surface area (Å²) < 4.78 is 0. The first-order chi connectivity index (χ1) is 15.8. The van der Waals surface area contributed by atoms with Gasteiger partial charge in [0, 0.05) is 22.5 Å². The van der Waals surface area contributed by atoms with Gasteiger partial charge in [-0.3, -0.25) is 4.79 Å². The SMILES string of the molecule is [B]c1ccc(C(=O)c2ccc([C@@H](C)c3ccccc3C(C)(C)c3ccccc3C)cc2)cc1. The molecule has 0 aliphatic carbocycles. The van der Waals surface area contributed by atoms with Crippen molar-refractivity contribution in [2.75, 3.05) is 0 Å². The van der Waals surface area contributed by atoms with E-state index in [1.165, 1.54) is 27.8 Å². The van der Waals surface area contributed by atoms with Gasteiger partial charge in [-0.1, -0.05) is 123 Å². The van der Waals surface area contributed by atoms with Crippen LogP contribution in [0.5, 0.6) is 0 Å². The summed E-state index contributed by atoms with van der Waals surface area (Å²) in [5, 5.41) is 0. The van der Waals surface area contributed by atoms with Crippen LogP contribution < -0.4 is 5.46 Å². The van der Waals surface area contributed by atoms with Crippen LogP contribution in [0.25, 0.3) is 0 Å². The maximum atomic E-state index is 12.8.